The predicted octanol–water partition coefficient (Wildman–Crippen LogP) is 4.81. The number of anilines is 1. The number of carbonyl (C=O) groups excluding carboxylic acids is 2. The molecule has 1 aromatic carbocycles. The minimum atomic E-state index is -0.585. The van der Waals surface area contributed by atoms with Gasteiger partial charge in [0.15, 0.2) is 0 Å². The number of fused-ring (bicyclic) bond motifs is 1. The van der Waals surface area contributed by atoms with Crippen molar-refractivity contribution in [3.8, 4) is 0 Å². The van der Waals surface area contributed by atoms with Gasteiger partial charge in [-0.05, 0) is 67.7 Å². The second-order valence-electron chi connectivity index (χ2n) is 11.7. The first-order valence-corrected chi connectivity index (χ1v) is 13.7. The maximum absolute atomic E-state index is 12.9. The number of hydrogen-bond acceptors (Lipinski definition) is 7. The molecule has 0 spiro atoms. The number of aliphatic hydroxyl groups is 2. The Kier molecular flexibility index (Phi) is 8.24. The van der Waals surface area contributed by atoms with Crippen LogP contribution in [-0.2, 0) is 19.1 Å². The predicted molar refractivity (Wildman–Crippen MR) is 152 cm³/mol. The third kappa shape index (κ3) is 5.22. The van der Waals surface area contributed by atoms with E-state index in [9.17, 15) is 19.8 Å². The lowest BCUT2D eigenvalue weighted by Gasteiger charge is -2.59. The van der Waals surface area contributed by atoms with E-state index in [4.69, 9.17) is 9.47 Å². The smallest absolute Gasteiger partial charge is 0.343 e. The summed E-state index contributed by atoms with van der Waals surface area (Å²) in [5.41, 5.74) is 2.40. The summed E-state index contributed by atoms with van der Waals surface area (Å²) in [5.74, 6) is -0.843. The van der Waals surface area contributed by atoms with Gasteiger partial charge in [-0.1, -0.05) is 50.3 Å². The minimum Gasteiger partial charge on any atom is -0.462 e. The average molecular weight is 536 g/mol. The molecule has 39 heavy (non-hydrogen) atoms. The van der Waals surface area contributed by atoms with Crippen LogP contribution in [0.5, 0.6) is 0 Å². The van der Waals surface area contributed by atoms with Crippen LogP contribution >= 0.6 is 0 Å². The summed E-state index contributed by atoms with van der Waals surface area (Å²) in [4.78, 5) is 27.8. The Morgan fingerprint density at radius 1 is 1.23 bits per heavy atom. The first kappa shape index (κ1) is 28.8. The normalized spacial score (nSPS) is 32.0. The first-order valence-electron chi connectivity index (χ1n) is 13.7. The van der Waals surface area contributed by atoms with Gasteiger partial charge >= 0.3 is 11.9 Å². The molecule has 2 saturated carbocycles. The molecule has 1 aliphatic heterocycles. The fourth-order valence-corrected chi connectivity index (χ4v) is 6.81. The van der Waals surface area contributed by atoms with Crippen LogP contribution in [-0.4, -0.2) is 55.6 Å². The van der Waals surface area contributed by atoms with E-state index in [1.165, 1.54) is 0 Å². The number of rotatable bonds is 7. The Labute approximate surface area is 231 Å². The third-order valence-corrected chi connectivity index (χ3v) is 9.15. The minimum absolute atomic E-state index is 0.0283. The second kappa shape index (κ2) is 11.1. The van der Waals surface area contributed by atoms with E-state index in [0.717, 1.165) is 30.5 Å². The van der Waals surface area contributed by atoms with Crippen molar-refractivity contribution in [3.63, 3.8) is 0 Å². The van der Waals surface area contributed by atoms with E-state index in [-0.39, 0.29) is 41.8 Å². The molecule has 0 saturated heterocycles. The molecule has 210 valence electrons. The van der Waals surface area contributed by atoms with Crippen molar-refractivity contribution >= 4 is 23.2 Å². The summed E-state index contributed by atoms with van der Waals surface area (Å²) in [5, 5.41) is 21.0. The lowest BCUT2D eigenvalue weighted by Crippen LogP contribution is -2.57. The zero-order valence-corrected chi connectivity index (χ0v) is 23.7. The Bertz CT molecular complexity index is 1230. The highest BCUT2D eigenvalue weighted by atomic mass is 16.6. The lowest BCUT2D eigenvalue weighted by molar-refractivity contribution is -0.145. The summed E-state index contributed by atoms with van der Waals surface area (Å²) in [6.45, 7) is 10.4. The molecular formula is C32H41NO6. The molecule has 3 aliphatic rings. The number of cyclic esters (lactones) is 1. The molecule has 4 rings (SSSR count). The number of benzene rings is 1. The lowest BCUT2D eigenvalue weighted by atomic mass is 9.46. The van der Waals surface area contributed by atoms with E-state index >= 15 is 0 Å². The first-order chi connectivity index (χ1) is 18.5. The molecule has 1 heterocycles. The van der Waals surface area contributed by atoms with Gasteiger partial charge in [0, 0.05) is 31.1 Å². The molecular weight excluding hydrogens is 494 g/mol. The Morgan fingerprint density at radius 2 is 1.92 bits per heavy atom. The molecule has 2 unspecified atom stereocenters. The van der Waals surface area contributed by atoms with E-state index < -0.39 is 23.5 Å². The van der Waals surface area contributed by atoms with E-state index in [1.807, 2.05) is 56.3 Å². The molecule has 0 aromatic heterocycles. The summed E-state index contributed by atoms with van der Waals surface area (Å²) < 4.78 is 10.9. The highest BCUT2D eigenvalue weighted by molar-refractivity contribution is 6.19. The number of allylic oxidation sites excluding steroid dienone is 3. The van der Waals surface area contributed by atoms with E-state index in [1.54, 1.807) is 19.1 Å². The fourth-order valence-electron chi connectivity index (χ4n) is 6.81. The molecule has 5 atom stereocenters. The standard InChI is InChI=1S/C32H41NO6/c1-7-38-30(37)28(21-9-12-23(13-10-21)33(5)6)25-18-22(29(36)39-25)11-14-24-20(2)8-15-26-31(24,3)17-16-27(35)32(26,4)19-34/h9-14,18,24,26-27,34-35H,2,7-8,15-17,19H2,1,3-6H3/b14-11+,28-25-/t24?,26?,27-,31+,32-/m0/s1. The van der Waals surface area contributed by atoms with Gasteiger partial charge in [0.05, 0.1) is 24.9 Å². The summed E-state index contributed by atoms with van der Waals surface area (Å²) in [6.07, 6.45) is 7.88. The van der Waals surface area contributed by atoms with Gasteiger partial charge in [0.2, 0.25) is 0 Å². The van der Waals surface area contributed by atoms with Crippen molar-refractivity contribution < 1.29 is 29.3 Å². The highest BCUT2D eigenvalue weighted by Gasteiger charge is 2.57. The van der Waals surface area contributed by atoms with Crippen molar-refractivity contribution in [1.29, 1.82) is 0 Å². The van der Waals surface area contributed by atoms with Crippen molar-refractivity contribution in [2.24, 2.45) is 22.7 Å². The number of aliphatic hydroxyl groups excluding tert-OH is 2. The van der Waals surface area contributed by atoms with Gasteiger partial charge in [-0.15, -0.1) is 0 Å². The third-order valence-electron chi connectivity index (χ3n) is 9.15. The maximum atomic E-state index is 12.9. The van der Waals surface area contributed by atoms with Crippen LogP contribution in [0.3, 0.4) is 0 Å². The summed E-state index contributed by atoms with van der Waals surface area (Å²) in [7, 11) is 3.87. The SMILES string of the molecule is C=C1CCC2[C@](C)(CC[C@H](O)[C@@]2(C)CO)C1/C=C/C1=CC(=C(/C(=O)OCC)c2ccc(N(C)C)cc2)/OC1=O. The maximum Gasteiger partial charge on any atom is 0.343 e. The number of carbonyl (C=O) groups is 2. The fraction of sp³-hybridized carbons (Fsp3) is 0.500. The summed E-state index contributed by atoms with van der Waals surface area (Å²) >= 11 is 0. The van der Waals surface area contributed by atoms with Gasteiger partial charge in [-0.3, -0.25) is 0 Å². The van der Waals surface area contributed by atoms with Gasteiger partial charge in [-0.25, -0.2) is 9.59 Å². The molecule has 1 aromatic rings. The van der Waals surface area contributed by atoms with Crippen LogP contribution in [0.15, 0.2) is 66.0 Å². The van der Waals surface area contributed by atoms with Crippen LogP contribution in [0.25, 0.3) is 5.57 Å². The van der Waals surface area contributed by atoms with Crippen LogP contribution in [0.1, 0.15) is 52.0 Å². The molecule has 2 aliphatic carbocycles. The van der Waals surface area contributed by atoms with Gasteiger partial charge in [0.25, 0.3) is 0 Å². The number of nitrogens with zero attached hydrogens (tertiary/aromatic N) is 1. The van der Waals surface area contributed by atoms with Gasteiger partial charge in [0.1, 0.15) is 11.3 Å². The monoisotopic (exact) mass is 535 g/mol. The topological polar surface area (TPSA) is 96.3 Å². The highest BCUT2D eigenvalue weighted by Crippen LogP contribution is 2.61. The number of ether oxygens (including phenoxy) is 2. The van der Waals surface area contributed by atoms with E-state index in [2.05, 4.69) is 13.5 Å². The number of esters is 2. The molecule has 0 radical (unpaired) electrons. The Morgan fingerprint density at radius 3 is 2.54 bits per heavy atom. The van der Waals surface area contributed by atoms with Crippen molar-refractivity contribution in [1.82, 2.24) is 0 Å². The largest absolute Gasteiger partial charge is 0.462 e. The van der Waals surface area contributed by atoms with Crippen LogP contribution in [0, 0.1) is 22.7 Å². The van der Waals surface area contributed by atoms with Crippen LogP contribution in [0.2, 0.25) is 0 Å². The molecule has 7 heteroatoms. The Balaban J connectivity index is 1.69. The van der Waals surface area contributed by atoms with E-state index in [0.29, 0.717) is 17.6 Å². The molecule has 7 nitrogen and oxygen atoms in total. The zero-order valence-electron chi connectivity index (χ0n) is 23.7. The zero-order chi connectivity index (χ0) is 28.5. The van der Waals surface area contributed by atoms with Crippen molar-refractivity contribution in [2.75, 3.05) is 32.2 Å². The van der Waals surface area contributed by atoms with Crippen LogP contribution < -0.4 is 4.90 Å². The summed E-state index contributed by atoms with van der Waals surface area (Å²) in [6, 6.07) is 7.41. The second-order valence-corrected chi connectivity index (χ2v) is 11.7. The van der Waals surface area contributed by atoms with Crippen molar-refractivity contribution in [3.05, 3.63) is 71.5 Å². The molecule has 2 fully saturated rings. The Hall–Kier alpha value is -3.16. The van der Waals surface area contributed by atoms with Crippen LogP contribution in [0.4, 0.5) is 5.69 Å². The molecule has 2 N–H and O–H groups in total. The van der Waals surface area contributed by atoms with Gasteiger partial charge in [-0.2, -0.15) is 0 Å². The average Bonchev–Trinajstić information content (AvgIpc) is 3.26. The molecule has 0 bridgehead atoms. The quantitative estimate of drug-likeness (QED) is 0.294. The van der Waals surface area contributed by atoms with Gasteiger partial charge < -0.3 is 24.6 Å². The molecule has 0 amide bonds. The number of hydrogen-bond donors (Lipinski definition) is 2. The van der Waals surface area contributed by atoms with Crippen molar-refractivity contribution in [2.45, 2.75) is 52.6 Å².